The molecule has 0 aliphatic heterocycles. The van der Waals surface area contributed by atoms with Crippen LogP contribution in [0.1, 0.15) is 31.9 Å². The van der Waals surface area contributed by atoms with Gasteiger partial charge >= 0.3 is 5.97 Å². The molecule has 0 saturated carbocycles. The summed E-state index contributed by atoms with van der Waals surface area (Å²) in [5, 5.41) is 0. The van der Waals surface area contributed by atoms with Crippen molar-refractivity contribution >= 4 is 5.97 Å². The lowest BCUT2D eigenvalue weighted by Crippen LogP contribution is -2.45. The van der Waals surface area contributed by atoms with Gasteiger partial charge in [0.05, 0.1) is 12.0 Å². The van der Waals surface area contributed by atoms with Gasteiger partial charge in [0, 0.05) is 6.04 Å². The third-order valence-electron chi connectivity index (χ3n) is 3.43. The summed E-state index contributed by atoms with van der Waals surface area (Å²) in [7, 11) is 0. The van der Waals surface area contributed by atoms with E-state index in [0.717, 1.165) is 0 Å². The third kappa shape index (κ3) is 3.33. The van der Waals surface area contributed by atoms with Crippen LogP contribution in [0.3, 0.4) is 0 Å². The summed E-state index contributed by atoms with van der Waals surface area (Å²) in [5.74, 6) is -0.230. The monoisotopic (exact) mass is 249 g/mol. The maximum Gasteiger partial charge on any atom is 0.313 e. The Balaban J connectivity index is 2.79. The van der Waals surface area contributed by atoms with Gasteiger partial charge in [0.15, 0.2) is 0 Å². The number of nitrogens with two attached hydrogens (primary N) is 1. The molecule has 3 nitrogen and oxygen atoms in total. The summed E-state index contributed by atoms with van der Waals surface area (Å²) in [5.41, 5.74) is 7.90. The van der Waals surface area contributed by atoms with Gasteiger partial charge in [0.1, 0.15) is 0 Å². The zero-order valence-electron chi connectivity index (χ0n) is 11.7. The first kappa shape index (κ1) is 14.7. The van der Waals surface area contributed by atoms with Crippen LogP contribution < -0.4 is 5.73 Å². The number of carbonyl (C=O) groups excluding carboxylic acids is 1. The summed E-state index contributed by atoms with van der Waals surface area (Å²) in [4.78, 5) is 11.9. The predicted octanol–water partition coefficient (Wildman–Crippen LogP) is 2.45. The van der Waals surface area contributed by atoms with E-state index in [-0.39, 0.29) is 12.0 Å². The van der Waals surface area contributed by atoms with Crippen molar-refractivity contribution in [3.05, 3.63) is 35.4 Å². The quantitative estimate of drug-likeness (QED) is 0.815. The predicted molar refractivity (Wildman–Crippen MR) is 73.3 cm³/mol. The molecule has 1 aromatic carbocycles. The normalized spacial score (nSPS) is 13.2. The van der Waals surface area contributed by atoms with Crippen LogP contribution in [0, 0.1) is 12.3 Å². The molecule has 1 aromatic rings. The van der Waals surface area contributed by atoms with Gasteiger partial charge in [-0.1, -0.05) is 24.3 Å². The molecule has 0 heterocycles. The smallest absolute Gasteiger partial charge is 0.313 e. The van der Waals surface area contributed by atoms with Crippen molar-refractivity contribution in [2.75, 3.05) is 6.61 Å². The lowest BCUT2D eigenvalue weighted by Gasteiger charge is -2.29. The molecule has 1 atom stereocenters. The Labute approximate surface area is 109 Å². The second-order valence-corrected chi connectivity index (χ2v) is 5.18. The van der Waals surface area contributed by atoms with Gasteiger partial charge in [-0.2, -0.15) is 0 Å². The van der Waals surface area contributed by atoms with E-state index in [2.05, 4.69) is 19.1 Å². The average Bonchev–Trinajstić information content (AvgIpc) is 2.32. The number of benzene rings is 1. The fraction of sp³-hybridized carbons (Fsp3) is 0.533. The Hall–Kier alpha value is -1.35. The van der Waals surface area contributed by atoms with Gasteiger partial charge in [-0.3, -0.25) is 4.79 Å². The second-order valence-electron chi connectivity index (χ2n) is 5.18. The van der Waals surface area contributed by atoms with Crippen molar-refractivity contribution < 1.29 is 9.53 Å². The second kappa shape index (κ2) is 6.01. The maximum absolute atomic E-state index is 11.9. The summed E-state index contributed by atoms with van der Waals surface area (Å²) in [6.45, 7) is 7.93. The Morgan fingerprint density at radius 1 is 1.39 bits per heavy atom. The van der Waals surface area contributed by atoms with Crippen molar-refractivity contribution in [1.82, 2.24) is 0 Å². The molecule has 100 valence electrons. The van der Waals surface area contributed by atoms with Crippen LogP contribution in [0.4, 0.5) is 0 Å². The Bertz CT molecular complexity index is 413. The Kier molecular flexibility index (Phi) is 4.91. The van der Waals surface area contributed by atoms with Crippen LogP contribution in [0.5, 0.6) is 0 Å². The first-order chi connectivity index (χ1) is 8.39. The fourth-order valence-corrected chi connectivity index (χ4v) is 1.80. The molecule has 1 rings (SSSR count). The molecule has 3 heteroatoms. The molecule has 0 spiro atoms. The van der Waals surface area contributed by atoms with Gasteiger partial charge < -0.3 is 10.5 Å². The average molecular weight is 249 g/mol. The van der Waals surface area contributed by atoms with Crippen LogP contribution in [-0.2, 0) is 16.0 Å². The minimum atomic E-state index is -0.668. The highest BCUT2D eigenvalue weighted by atomic mass is 16.5. The van der Waals surface area contributed by atoms with Crippen molar-refractivity contribution in [2.24, 2.45) is 11.1 Å². The number of aryl methyl sites for hydroxylation is 1. The molecule has 0 aliphatic carbocycles. The molecule has 0 aliphatic rings. The molecule has 0 fully saturated rings. The topological polar surface area (TPSA) is 52.3 Å². The van der Waals surface area contributed by atoms with E-state index in [0.29, 0.717) is 13.0 Å². The summed E-state index contributed by atoms with van der Waals surface area (Å²) in [6, 6.07) is 7.85. The van der Waals surface area contributed by atoms with Gasteiger partial charge in [-0.25, -0.2) is 0 Å². The highest BCUT2D eigenvalue weighted by molar-refractivity contribution is 5.76. The zero-order chi connectivity index (χ0) is 13.8. The standard InChI is InChI=1S/C15H23NO2/c1-5-18-14(17)15(3,4)13(16)10-12-9-7-6-8-11(12)2/h6-9,13H,5,10,16H2,1-4H3. The van der Waals surface area contributed by atoms with E-state index in [1.165, 1.54) is 11.1 Å². The molecular formula is C15H23NO2. The minimum Gasteiger partial charge on any atom is -0.466 e. The molecule has 0 amide bonds. The van der Waals surface area contributed by atoms with Crippen molar-refractivity contribution in [1.29, 1.82) is 0 Å². The number of hydrogen-bond donors (Lipinski definition) is 1. The minimum absolute atomic E-state index is 0.230. The highest BCUT2D eigenvalue weighted by Gasteiger charge is 2.36. The largest absolute Gasteiger partial charge is 0.466 e. The van der Waals surface area contributed by atoms with E-state index in [1.807, 2.05) is 26.0 Å². The third-order valence-corrected chi connectivity index (χ3v) is 3.43. The van der Waals surface area contributed by atoms with Crippen LogP contribution in [0.15, 0.2) is 24.3 Å². The van der Waals surface area contributed by atoms with Crippen molar-refractivity contribution in [3.63, 3.8) is 0 Å². The number of hydrogen-bond acceptors (Lipinski definition) is 3. The number of carbonyl (C=O) groups is 1. The Morgan fingerprint density at radius 2 is 2.00 bits per heavy atom. The first-order valence-corrected chi connectivity index (χ1v) is 6.37. The molecule has 0 bridgehead atoms. The highest BCUT2D eigenvalue weighted by Crippen LogP contribution is 2.24. The molecular weight excluding hydrogens is 226 g/mol. The van der Waals surface area contributed by atoms with Crippen LogP contribution >= 0.6 is 0 Å². The molecule has 1 unspecified atom stereocenters. The van der Waals surface area contributed by atoms with E-state index >= 15 is 0 Å². The van der Waals surface area contributed by atoms with Gasteiger partial charge in [0.25, 0.3) is 0 Å². The van der Waals surface area contributed by atoms with Crippen molar-refractivity contribution in [3.8, 4) is 0 Å². The van der Waals surface area contributed by atoms with E-state index in [1.54, 1.807) is 6.92 Å². The van der Waals surface area contributed by atoms with E-state index in [9.17, 15) is 4.79 Å². The van der Waals surface area contributed by atoms with E-state index < -0.39 is 5.41 Å². The van der Waals surface area contributed by atoms with Gasteiger partial charge in [-0.05, 0) is 45.2 Å². The summed E-state index contributed by atoms with van der Waals surface area (Å²) >= 11 is 0. The van der Waals surface area contributed by atoms with Crippen LogP contribution in [0.2, 0.25) is 0 Å². The fourth-order valence-electron chi connectivity index (χ4n) is 1.80. The summed E-state index contributed by atoms with van der Waals surface area (Å²) < 4.78 is 5.08. The first-order valence-electron chi connectivity index (χ1n) is 6.37. The lowest BCUT2D eigenvalue weighted by molar-refractivity contribution is -0.154. The lowest BCUT2D eigenvalue weighted by atomic mass is 9.81. The Morgan fingerprint density at radius 3 is 2.56 bits per heavy atom. The van der Waals surface area contributed by atoms with Crippen molar-refractivity contribution in [2.45, 2.75) is 40.2 Å². The number of ether oxygens (including phenoxy) is 1. The number of rotatable bonds is 5. The van der Waals surface area contributed by atoms with Crippen LogP contribution in [-0.4, -0.2) is 18.6 Å². The molecule has 2 N–H and O–H groups in total. The SMILES string of the molecule is CCOC(=O)C(C)(C)C(N)Cc1ccccc1C. The molecule has 0 aromatic heterocycles. The van der Waals surface area contributed by atoms with E-state index in [4.69, 9.17) is 10.5 Å². The van der Waals surface area contributed by atoms with Gasteiger partial charge in [-0.15, -0.1) is 0 Å². The van der Waals surface area contributed by atoms with Crippen LogP contribution in [0.25, 0.3) is 0 Å². The van der Waals surface area contributed by atoms with Gasteiger partial charge in [0.2, 0.25) is 0 Å². The summed E-state index contributed by atoms with van der Waals surface area (Å²) in [6.07, 6.45) is 0.679. The number of esters is 1. The molecule has 18 heavy (non-hydrogen) atoms. The zero-order valence-corrected chi connectivity index (χ0v) is 11.7. The molecule has 0 saturated heterocycles. The maximum atomic E-state index is 11.9. The molecule has 0 radical (unpaired) electrons.